The quantitative estimate of drug-likeness (QED) is 0.849. The molecule has 1 aromatic carbocycles. The molecule has 1 aromatic heterocycles. The van der Waals surface area contributed by atoms with Crippen LogP contribution in [0.3, 0.4) is 0 Å². The van der Waals surface area contributed by atoms with Gasteiger partial charge in [-0.15, -0.1) is 0 Å². The van der Waals surface area contributed by atoms with E-state index >= 15 is 0 Å². The molecule has 0 atom stereocenters. The van der Waals surface area contributed by atoms with Gasteiger partial charge in [-0.05, 0) is 51.8 Å². The van der Waals surface area contributed by atoms with Crippen LogP contribution in [-0.2, 0) is 11.3 Å². The van der Waals surface area contributed by atoms with Crippen molar-refractivity contribution in [3.05, 3.63) is 42.1 Å². The van der Waals surface area contributed by atoms with Crippen LogP contribution in [0.2, 0.25) is 0 Å². The van der Waals surface area contributed by atoms with Gasteiger partial charge in [0, 0.05) is 18.0 Å². The summed E-state index contributed by atoms with van der Waals surface area (Å²) in [5.41, 5.74) is 2.92. The fraction of sp³-hybridized carbons (Fsp3) is 0.500. The molecule has 25 heavy (non-hydrogen) atoms. The number of nitrogens with one attached hydrogen (secondary N) is 2. The molecule has 1 aliphatic heterocycles. The minimum Gasteiger partial charge on any atom is -0.350 e. The van der Waals surface area contributed by atoms with Crippen molar-refractivity contribution in [2.45, 2.75) is 45.7 Å². The summed E-state index contributed by atoms with van der Waals surface area (Å²) in [5, 5.41) is 10.4. The van der Waals surface area contributed by atoms with E-state index in [-0.39, 0.29) is 5.91 Å². The van der Waals surface area contributed by atoms with E-state index in [1.165, 1.54) is 0 Å². The van der Waals surface area contributed by atoms with E-state index in [1.54, 1.807) is 0 Å². The fourth-order valence-corrected chi connectivity index (χ4v) is 3.41. The summed E-state index contributed by atoms with van der Waals surface area (Å²) < 4.78 is 0. The zero-order valence-corrected chi connectivity index (χ0v) is 15.2. The lowest BCUT2D eigenvalue weighted by atomic mass is 9.92. The molecule has 0 spiro atoms. The Labute approximate surface area is 149 Å². The van der Waals surface area contributed by atoms with Gasteiger partial charge < -0.3 is 10.2 Å². The highest BCUT2D eigenvalue weighted by atomic mass is 16.1. The highest BCUT2D eigenvalue weighted by Crippen LogP contribution is 2.22. The van der Waals surface area contributed by atoms with E-state index in [1.807, 2.05) is 36.4 Å². The number of carbonyl (C=O) groups excluding carboxylic acids is 1. The number of aromatic nitrogens is 2. The molecule has 0 radical (unpaired) electrons. The SMILES string of the molecule is CC(C)N1CCC(CC(=O)NCc2cc(-c3ccccc3)n[nH]2)CC1. The van der Waals surface area contributed by atoms with Gasteiger partial charge in [0.1, 0.15) is 0 Å². The predicted octanol–water partition coefficient (Wildman–Crippen LogP) is 3.20. The zero-order chi connectivity index (χ0) is 17.6. The first kappa shape index (κ1) is 17.7. The molecular formula is C20H28N4O. The monoisotopic (exact) mass is 340 g/mol. The van der Waals surface area contributed by atoms with Crippen molar-refractivity contribution in [1.82, 2.24) is 20.4 Å². The molecule has 1 aliphatic rings. The van der Waals surface area contributed by atoms with Crippen LogP contribution in [0.4, 0.5) is 0 Å². The van der Waals surface area contributed by atoms with E-state index in [0.717, 1.165) is 42.9 Å². The largest absolute Gasteiger partial charge is 0.350 e. The Morgan fingerprint density at radius 3 is 2.68 bits per heavy atom. The molecule has 5 nitrogen and oxygen atoms in total. The van der Waals surface area contributed by atoms with Gasteiger partial charge in [-0.1, -0.05) is 30.3 Å². The highest BCUT2D eigenvalue weighted by Gasteiger charge is 2.22. The Kier molecular flexibility index (Phi) is 5.87. The number of carbonyl (C=O) groups is 1. The van der Waals surface area contributed by atoms with E-state index in [2.05, 4.69) is 34.3 Å². The second-order valence-corrected chi connectivity index (χ2v) is 7.20. The molecule has 2 heterocycles. The Morgan fingerprint density at radius 2 is 2.00 bits per heavy atom. The average molecular weight is 340 g/mol. The molecule has 134 valence electrons. The third-order valence-electron chi connectivity index (χ3n) is 5.03. The Bertz CT molecular complexity index is 672. The van der Waals surface area contributed by atoms with Crippen LogP contribution in [-0.4, -0.2) is 40.1 Å². The minimum absolute atomic E-state index is 0.138. The molecule has 1 saturated heterocycles. The molecule has 1 amide bonds. The van der Waals surface area contributed by atoms with Gasteiger partial charge >= 0.3 is 0 Å². The van der Waals surface area contributed by atoms with Crippen LogP contribution in [0.25, 0.3) is 11.3 Å². The third kappa shape index (κ3) is 4.92. The number of nitrogens with zero attached hydrogens (tertiary/aromatic N) is 2. The number of rotatable bonds is 6. The summed E-state index contributed by atoms with van der Waals surface area (Å²) in [6.45, 7) is 7.19. The van der Waals surface area contributed by atoms with Crippen LogP contribution in [0.5, 0.6) is 0 Å². The maximum Gasteiger partial charge on any atom is 0.220 e. The summed E-state index contributed by atoms with van der Waals surface area (Å²) >= 11 is 0. The topological polar surface area (TPSA) is 61.0 Å². The molecule has 5 heteroatoms. The lowest BCUT2D eigenvalue weighted by Gasteiger charge is -2.34. The van der Waals surface area contributed by atoms with E-state index in [9.17, 15) is 4.79 Å². The Hall–Kier alpha value is -2.14. The minimum atomic E-state index is 0.138. The summed E-state index contributed by atoms with van der Waals surface area (Å²) in [4.78, 5) is 14.7. The van der Waals surface area contributed by atoms with E-state index < -0.39 is 0 Å². The summed E-state index contributed by atoms with van der Waals surface area (Å²) in [5.74, 6) is 0.649. The molecule has 1 fully saturated rings. The summed E-state index contributed by atoms with van der Waals surface area (Å²) in [6.07, 6.45) is 2.87. The van der Waals surface area contributed by atoms with Crippen LogP contribution in [0.15, 0.2) is 36.4 Å². The molecule has 0 unspecified atom stereocenters. The standard InChI is InChI=1S/C20H28N4O/c1-15(2)24-10-8-16(9-11-24)12-20(25)21-14-18-13-19(23-22-18)17-6-4-3-5-7-17/h3-7,13,15-16H,8-12,14H2,1-2H3,(H,21,25)(H,22,23). The van der Waals surface area contributed by atoms with Crippen LogP contribution < -0.4 is 5.32 Å². The highest BCUT2D eigenvalue weighted by molar-refractivity contribution is 5.76. The summed E-state index contributed by atoms with van der Waals surface area (Å²) in [7, 11) is 0. The van der Waals surface area contributed by atoms with Crippen molar-refractivity contribution in [3.8, 4) is 11.3 Å². The van der Waals surface area contributed by atoms with Crippen molar-refractivity contribution >= 4 is 5.91 Å². The number of amides is 1. The first-order chi connectivity index (χ1) is 12.1. The number of hydrogen-bond acceptors (Lipinski definition) is 3. The number of aromatic amines is 1. The fourth-order valence-electron chi connectivity index (χ4n) is 3.41. The number of H-pyrrole nitrogens is 1. The van der Waals surface area contributed by atoms with Crippen molar-refractivity contribution < 1.29 is 4.79 Å². The summed E-state index contributed by atoms with van der Waals surface area (Å²) in [6, 6.07) is 12.6. The second-order valence-electron chi connectivity index (χ2n) is 7.20. The van der Waals surface area contributed by atoms with Crippen LogP contribution in [0.1, 0.15) is 38.8 Å². The van der Waals surface area contributed by atoms with Gasteiger partial charge in [0.25, 0.3) is 0 Å². The van der Waals surface area contributed by atoms with Gasteiger partial charge in [-0.25, -0.2) is 0 Å². The lowest BCUT2D eigenvalue weighted by molar-refractivity contribution is -0.122. The normalized spacial score (nSPS) is 16.3. The molecule has 0 aliphatic carbocycles. The maximum absolute atomic E-state index is 12.2. The number of hydrogen-bond donors (Lipinski definition) is 2. The molecule has 3 rings (SSSR count). The van der Waals surface area contributed by atoms with Crippen molar-refractivity contribution in [3.63, 3.8) is 0 Å². The zero-order valence-electron chi connectivity index (χ0n) is 15.2. The van der Waals surface area contributed by atoms with Crippen molar-refractivity contribution in [1.29, 1.82) is 0 Å². The molecule has 2 N–H and O–H groups in total. The average Bonchev–Trinajstić information content (AvgIpc) is 3.10. The molecular weight excluding hydrogens is 312 g/mol. The van der Waals surface area contributed by atoms with Crippen molar-refractivity contribution in [2.24, 2.45) is 5.92 Å². The predicted molar refractivity (Wildman–Crippen MR) is 99.9 cm³/mol. The van der Waals surface area contributed by atoms with Gasteiger partial charge in [-0.2, -0.15) is 5.10 Å². The molecule has 0 saturated carbocycles. The van der Waals surface area contributed by atoms with E-state index in [0.29, 0.717) is 24.9 Å². The van der Waals surface area contributed by atoms with Crippen LogP contribution >= 0.6 is 0 Å². The maximum atomic E-state index is 12.2. The number of benzene rings is 1. The Morgan fingerprint density at radius 1 is 1.28 bits per heavy atom. The van der Waals surface area contributed by atoms with Crippen molar-refractivity contribution in [2.75, 3.05) is 13.1 Å². The number of likely N-dealkylation sites (tertiary alicyclic amines) is 1. The van der Waals surface area contributed by atoms with Gasteiger partial charge in [-0.3, -0.25) is 9.89 Å². The molecule has 0 bridgehead atoms. The van der Waals surface area contributed by atoms with Gasteiger partial charge in [0.2, 0.25) is 5.91 Å². The third-order valence-corrected chi connectivity index (χ3v) is 5.03. The first-order valence-electron chi connectivity index (χ1n) is 9.22. The molecule has 2 aromatic rings. The van der Waals surface area contributed by atoms with E-state index in [4.69, 9.17) is 0 Å². The smallest absolute Gasteiger partial charge is 0.220 e. The lowest BCUT2D eigenvalue weighted by Crippen LogP contribution is -2.39. The van der Waals surface area contributed by atoms with Crippen LogP contribution in [0, 0.1) is 5.92 Å². The second kappa shape index (κ2) is 8.30. The van der Waals surface area contributed by atoms with Gasteiger partial charge in [0.15, 0.2) is 0 Å². The number of piperidine rings is 1. The first-order valence-corrected chi connectivity index (χ1v) is 9.22. The van der Waals surface area contributed by atoms with Gasteiger partial charge in [0.05, 0.1) is 17.9 Å². The Balaban J connectivity index is 1.43.